The van der Waals surface area contributed by atoms with Crippen LogP contribution < -0.4 is 15.0 Å². The van der Waals surface area contributed by atoms with E-state index in [0.29, 0.717) is 25.1 Å². The number of likely N-dealkylation sites (N-methyl/N-ethyl adjacent to an activating group) is 1. The van der Waals surface area contributed by atoms with Gasteiger partial charge in [-0.05, 0) is 36.7 Å². The molecule has 0 fully saturated rings. The average molecular weight is 389 g/mol. The molecule has 1 aromatic heterocycles. The van der Waals surface area contributed by atoms with Gasteiger partial charge in [-0.1, -0.05) is 4.49 Å². The molecule has 1 atom stereocenters. The maximum atomic E-state index is 12.3. The number of nitrogens with one attached hydrogen (secondary N) is 1. The van der Waals surface area contributed by atoms with Gasteiger partial charge in [0.1, 0.15) is 12.4 Å². The Bertz CT molecular complexity index is 851. The highest BCUT2D eigenvalue weighted by Gasteiger charge is 2.27. The second-order valence-corrected chi connectivity index (χ2v) is 7.56. The Hall–Kier alpha value is -2.68. The molecule has 2 heterocycles. The number of anilines is 1. The number of aromatic nitrogens is 2. The number of hydrogen-bond acceptors (Lipinski definition) is 7. The molecule has 27 heavy (non-hydrogen) atoms. The van der Waals surface area contributed by atoms with Crippen molar-refractivity contribution in [3.8, 4) is 5.75 Å². The first-order valence-electron chi connectivity index (χ1n) is 8.62. The zero-order chi connectivity index (χ0) is 19.6. The van der Waals surface area contributed by atoms with E-state index in [1.807, 2.05) is 24.9 Å². The molecule has 9 heteroatoms. The number of aryl methyl sites for hydroxylation is 1. The quantitative estimate of drug-likeness (QED) is 0.833. The predicted octanol–water partition coefficient (Wildman–Crippen LogP) is 1.45. The number of carbonyl (C=O) groups is 2. The lowest BCUT2D eigenvalue weighted by Crippen LogP contribution is -2.43. The summed E-state index contributed by atoms with van der Waals surface area (Å²) in [5.74, 6) is 0.586. The van der Waals surface area contributed by atoms with Gasteiger partial charge < -0.3 is 19.9 Å². The van der Waals surface area contributed by atoms with E-state index in [4.69, 9.17) is 4.74 Å². The van der Waals surface area contributed by atoms with Crippen molar-refractivity contribution in [2.45, 2.75) is 25.9 Å². The minimum atomic E-state index is -0.108. The summed E-state index contributed by atoms with van der Waals surface area (Å²) in [6.45, 7) is 2.72. The minimum Gasteiger partial charge on any atom is -0.489 e. The van der Waals surface area contributed by atoms with E-state index in [9.17, 15) is 9.59 Å². The van der Waals surface area contributed by atoms with Gasteiger partial charge in [-0.15, -0.1) is 5.10 Å². The van der Waals surface area contributed by atoms with E-state index >= 15 is 0 Å². The molecule has 2 amide bonds. The van der Waals surface area contributed by atoms with Gasteiger partial charge in [-0.25, -0.2) is 0 Å². The van der Waals surface area contributed by atoms with E-state index in [-0.39, 0.29) is 17.9 Å². The fraction of sp³-hybridized carbons (Fsp3) is 0.444. The number of rotatable bonds is 5. The van der Waals surface area contributed by atoms with Gasteiger partial charge in [0.05, 0.1) is 35.3 Å². The monoisotopic (exact) mass is 389 g/mol. The van der Waals surface area contributed by atoms with Crippen molar-refractivity contribution in [1.82, 2.24) is 19.8 Å². The van der Waals surface area contributed by atoms with Crippen LogP contribution >= 0.6 is 11.5 Å². The summed E-state index contributed by atoms with van der Waals surface area (Å²) in [6, 6.07) is 5.27. The molecule has 144 valence electrons. The number of benzene rings is 1. The van der Waals surface area contributed by atoms with Crippen molar-refractivity contribution in [3.05, 3.63) is 34.3 Å². The Labute approximate surface area is 162 Å². The maximum Gasteiger partial charge on any atom is 0.253 e. The predicted molar refractivity (Wildman–Crippen MR) is 103 cm³/mol. The zero-order valence-electron chi connectivity index (χ0n) is 15.9. The standard InChI is InChI=1S/C18H23N5O3S/c1-11-16(27-21-20-11)9-19-17(24)8-13-10-26-15-6-5-12(18(25)22(2)3)7-14(15)23(13)4/h5-7,13H,8-10H2,1-4H3,(H,19,24)/t13-/m0/s1. The minimum absolute atomic E-state index is 0.0628. The molecule has 0 bridgehead atoms. The van der Waals surface area contributed by atoms with Crippen molar-refractivity contribution in [3.63, 3.8) is 0 Å². The van der Waals surface area contributed by atoms with Crippen LogP contribution in [0.4, 0.5) is 5.69 Å². The van der Waals surface area contributed by atoms with Crippen LogP contribution in [-0.2, 0) is 11.3 Å². The molecule has 3 rings (SSSR count). The normalized spacial score (nSPS) is 15.7. The summed E-state index contributed by atoms with van der Waals surface area (Å²) in [4.78, 5) is 29.1. The lowest BCUT2D eigenvalue weighted by molar-refractivity contribution is -0.121. The van der Waals surface area contributed by atoms with Crippen LogP contribution in [0.5, 0.6) is 5.75 Å². The third-order valence-corrected chi connectivity index (χ3v) is 5.41. The third kappa shape index (κ3) is 4.19. The molecule has 0 saturated carbocycles. The lowest BCUT2D eigenvalue weighted by Gasteiger charge is -2.35. The van der Waals surface area contributed by atoms with Crippen LogP contribution in [0.15, 0.2) is 18.2 Å². The number of ether oxygens (including phenoxy) is 1. The van der Waals surface area contributed by atoms with Gasteiger partial charge in [0.25, 0.3) is 5.91 Å². The number of carbonyl (C=O) groups excluding carboxylic acids is 2. The summed E-state index contributed by atoms with van der Waals surface area (Å²) >= 11 is 1.29. The summed E-state index contributed by atoms with van der Waals surface area (Å²) in [5, 5.41) is 6.85. The van der Waals surface area contributed by atoms with Crippen LogP contribution in [0.25, 0.3) is 0 Å². The largest absolute Gasteiger partial charge is 0.489 e. The Kier molecular flexibility index (Phi) is 5.59. The molecule has 0 unspecified atom stereocenters. The first-order chi connectivity index (χ1) is 12.9. The average Bonchev–Trinajstić information content (AvgIpc) is 3.06. The van der Waals surface area contributed by atoms with E-state index in [1.165, 1.54) is 16.4 Å². The van der Waals surface area contributed by atoms with Crippen molar-refractivity contribution in [2.75, 3.05) is 32.6 Å². The van der Waals surface area contributed by atoms with Gasteiger partial charge in [0.15, 0.2) is 0 Å². The summed E-state index contributed by atoms with van der Waals surface area (Å²) < 4.78 is 9.68. The number of nitrogens with zero attached hydrogens (tertiary/aromatic N) is 4. The van der Waals surface area contributed by atoms with Crippen LogP contribution in [-0.4, -0.2) is 60.1 Å². The molecule has 0 aliphatic carbocycles. The Morgan fingerprint density at radius 2 is 2.19 bits per heavy atom. The van der Waals surface area contributed by atoms with Gasteiger partial charge in [0.2, 0.25) is 5.91 Å². The van der Waals surface area contributed by atoms with Crippen molar-refractivity contribution in [2.24, 2.45) is 0 Å². The second kappa shape index (κ2) is 7.91. The molecular formula is C18H23N5O3S. The summed E-state index contributed by atoms with van der Waals surface area (Å²) in [5.41, 5.74) is 2.24. The van der Waals surface area contributed by atoms with Gasteiger partial charge in [-0.2, -0.15) is 0 Å². The number of amides is 2. The molecule has 1 aliphatic heterocycles. The fourth-order valence-corrected chi connectivity index (χ4v) is 3.45. The van der Waals surface area contributed by atoms with E-state index in [0.717, 1.165) is 22.0 Å². The molecule has 0 radical (unpaired) electrons. The smallest absolute Gasteiger partial charge is 0.253 e. The molecule has 2 aromatic rings. The Morgan fingerprint density at radius 3 is 2.85 bits per heavy atom. The van der Waals surface area contributed by atoms with Crippen molar-refractivity contribution < 1.29 is 14.3 Å². The van der Waals surface area contributed by atoms with E-state index in [2.05, 4.69) is 14.9 Å². The maximum absolute atomic E-state index is 12.3. The van der Waals surface area contributed by atoms with Gasteiger partial charge in [-0.3, -0.25) is 9.59 Å². The molecule has 8 nitrogen and oxygen atoms in total. The molecule has 1 aromatic carbocycles. The number of hydrogen-bond donors (Lipinski definition) is 1. The lowest BCUT2D eigenvalue weighted by atomic mass is 10.1. The first kappa shape index (κ1) is 19.1. The van der Waals surface area contributed by atoms with Crippen LogP contribution in [0.3, 0.4) is 0 Å². The van der Waals surface area contributed by atoms with E-state index in [1.54, 1.807) is 26.2 Å². The van der Waals surface area contributed by atoms with Crippen LogP contribution in [0.2, 0.25) is 0 Å². The molecule has 1 N–H and O–H groups in total. The third-order valence-electron chi connectivity index (χ3n) is 4.58. The Morgan fingerprint density at radius 1 is 1.41 bits per heavy atom. The molecule has 0 spiro atoms. The Balaban J connectivity index is 1.65. The van der Waals surface area contributed by atoms with E-state index < -0.39 is 0 Å². The molecule has 1 aliphatic rings. The highest BCUT2D eigenvalue weighted by molar-refractivity contribution is 7.05. The zero-order valence-corrected chi connectivity index (χ0v) is 16.7. The topological polar surface area (TPSA) is 87.7 Å². The highest BCUT2D eigenvalue weighted by Crippen LogP contribution is 2.34. The SMILES string of the molecule is Cc1nnsc1CNC(=O)C[C@H]1COc2ccc(C(=O)N(C)C)cc2N1C. The summed E-state index contributed by atoms with van der Waals surface area (Å²) in [6.07, 6.45) is 0.299. The number of fused-ring (bicyclic) bond motifs is 1. The molecule has 0 saturated heterocycles. The first-order valence-corrected chi connectivity index (χ1v) is 9.40. The van der Waals surface area contributed by atoms with Gasteiger partial charge >= 0.3 is 0 Å². The highest BCUT2D eigenvalue weighted by atomic mass is 32.1. The second-order valence-electron chi connectivity index (χ2n) is 6.72. The van der Waals surface area contributed by atoms with Crippen molar-refractivity contribution in [1.29, 1.82) is 0 Å². The molecular weight excluding hydrogens is 366 g/mol. The van der Waals surface area contributed by atoms with Crippen LogP contribution in [0.1, 0.15) is 27.3 Å². The summed E-state index contributed by atoms with van der Waals surface area (Å²) in [7, 11) is 5.35. The van der Waals surface area contributed by atoms with Gasteiger partial charge in [0, 0.05) is 26.7 Å². The van der Waals surface area contributed by atoms with Crippen molar-refractivity contribution >= 4 is 29.0 Å². The fourth-order valence-electron chi connectivity index (χ4n) is 2.87. The van der Waals surface area contributed by atoms with Crippen LogP contribution in [0, 0.1) is 6.92 Å².